The minimum atomic E-state index is -3.74. The average molecular weight is 399 g/mol. The van der Waals surface area contributed by atoms with Crippen LogP contribution < -0.4 is 10.0 Å². The number of furan rings is 1. The van der Waals surface area contributed by atoms with Crippen molar-refractivity contribution in [2.75, 3.05) is 0 Å². The lowest BCUT2D eigenvalue weighted by Crippen LogP contribution is -2.47. The predicted octanol–water partition coefficient (Wildman–Crippen LogP) is 3.08. The van der Waals surface area contributed by atoms with Crippen LogP contribution in [0, 0.1) is 5.92 Å². The number of rotatable bonds is 9. The summed E-state index contributed by atoms with van der Waals surface area (Å²) in [6.45, 7) is 4.05. The van der Waals surface area contributed by atoms with Crippen LogP contribution in [0.1, 0.15) is 31.6 Å². The number of hydrogen-bond acceptors (Lipinski definition) is 4. The lowest BCUT2D eigenvalue weighted by molar-refractivity contribution is -0.123. The van der Waals surface area contributed by atoms with Crippen molar-refractivity contribution < 1.29 is 17.6 Å². The molecule has 1 atom stereocenters. The second-order valence-electron chi connectivity index (χ2n) is 6.45. The highest BCUT2D eigenvalue weighted by atomic mass is 35.5. The van der Waals surface area contributed by atoms with Crippen LogP contribution >= 0.6 is 11.6 Å². The molecule has 2 N–H and O–H groups in total. The standard InChI is InChI=1S/C18H23ClN2O4S/c1-13(2)10-17(18(22)20-11-15-7-5-9-25-15)21-26(23,24)12-14-6-3-4-8-16(14)19/h3-9,13,17,21H,10-12H2,1-2H3,(H,20,22)/t17-/m1/s1. The van der Waals surface area contributed by atoms with E-state index < -0.39 is 22.0 Å². The molecule has 1 heterocycles. The molecule has 0 aliphatic rings. The predicted molar refractivity (Wildman–Crippen MR) is 101 cm³/mol. The van der Waals surface area contributed by atoms with E-state index in [4.69, 9.17) is 16.0 Å². The lowest BCUT2D eigenvalue weighted by Gasteiger charge is -2.20. The van der Waals surface area contributed by atoms with Crippen LogP contribution in [0.3, 0.4) is 0 Å². The molecule has 0 saturated heterocycles. The Morgan fingerprint density at radius 2 is 1.92 bits per heavy atom. The van der Waals surface area contributed by atoms with E-state index in [-0.39, 0.29) is 18.2 Å². The molecular weight excluding hydrogens is 376 g/mol. The molecule has 0 radical (unpaired) electrons. The number of carbonyl (C=O) groups is 1. The van der Waals surface area contributed by atoms with Crippen molar-refractivity contribution in [3.05, 3.63) is 59.0 Å². The fourth-order valence-electron chi connectivity index (χ4n) is 2.47. The van der Waals surface area contributed by atoms with Crippen molar-refractivity contribution >= 4 is 27.5 Å². The van der Waals surface area contributed by atoms with E-state index >= 15 is 0 Å². The van der Waals surface area contributed by atoms with E-state index in [1.54, 1.807) is 36.4 Å². The Kier molecular flexibility index (Phi) is 7.25. The van der Waals surface area contributed by atoms with Gasteiger partial charge in [0.2, 0.25) is 15.9 Å². The van der Waals surface area contributed by atoms with Gasteiger partial charge in [0.05, 0.1) is 18.6 Å². The zero-order chi connectivity index (χ0) is 19.2. The van der Waals surface area contributed by atoms with Gasteiger partial charge >= 0.3 is 0 Å². The van der Waals surface area contributed by atoms with Gasteiger partial charge in [-0.25, -0.2) is 13.1 Å². The van der Waals surface area contributed by atoms with Gasteiger partial charge in [0.25, 0.3) is 0 Å². The van der Waals surface area contributed by atoms with Crippen LogP contribution in [0.25, 0.3) is 0 Å². The Balaban J connectivity index is 2.05. The highest BCUT2D eigenvalue weighted by Crippen LogP contribution is 2.18. The number of carbonyl (C=O) groups excluding carboxylic acids is 1. The summed E-state index contributed by atoms with van der Waals surface area (Å²) in [5.74, 6) is 0.0583. The summed E-state index contributed by atoms with van der Waals surface area (Å²) < 4.78 is 32.7. The molecule has 0 bridgehead atoms. The number of sulfonamides is 1. The fourth-order valence-corrected chi connectivity index (χ4v) is 4.13. The first-order valence-corrected chi connectivity index (χ1v) is 10.3. The Labute approximate surface area is 159 Å². The lowest BCUT2D eigenvalue weighted by atomic mass is 10.0. The molecule has 0 aliphatic heterocycles. The number of amides is 1. The van der Waals surface area contributed by atoms with Crippen molar-refractivity contribution in [3.63, 3.8) is 0 Å². The van der Waals surface area contributed by atoms with E-state index in [9.17, 15) is 13.2 Å². The van der Waals surface area contributed by atoms with Gasteiger partial charge in [-0.3, -0.25) is 4.79 Å². The molecule has 26 heavy (non-hydrogen) atoms. The number of nitrogens with one attached hydrogen (secondary N) is 2. The highest BCUT2D eigenvalue weighted by molar-refractivity contribution is 7.88. The normalized spacial score (nSPS) is 12.9. The molecule has 8 heteroatoms. The van der Waals surface area contributed by atoms with E-state index in [0.29, 0.717) is 22.8 Å². The van der Waals surface area contributed by atoms with Crippen LogP contribution in [0.2, 0.25) is 5.02 Å². The number of hydrogen-bond donors (Lipinski definition) is 2. The first-order chi connectivity index (χ1) is 12.3. The number of benzene rings is 1. The third-order valence-corrected chi connectivity index (χ3v) is 5.37. The summed E-state index contributed by atoms with van der Waals surface area (Å²) in [5, 5.41) is 3.08. The average Bonchev–Trinajstić information content (AvgIpc) is 3.07. The summed E-state index contributed by atoms with van der Waals surface area (Å²) in [7, 11) is -3.74. The van der Waals surface area contributed by atoms with E-state index in [1.807, 2.05) is 13.8 Å². The highest BCUT2D eigenvalue weighted by Gasteiger charge is 2.26. The first-order valence-electron chi connectivity index (χ1n) is 8.30. The third-order valence-electron chi connectivity index (χ3n) is 3.67. The van der Waals surface area contributed by atoms with Crippen LogP contribution in [0.15, 0.2) is 47.1 Å². The molecule has 6 nitrogen and oxygen atoms in total. The van der Waals surface area contributed by atoms with Gasteiger partial charge in [0, 0.05) is 5.02 Å². The van der Waals surface area contributed by atoms with E-state index in [0.717, 1.165) is 0 Å². The summed E-state index contributed by atoms with van der Waals surface area (Å²) in [6.07, 6.45) is 1.89. The SMILES string of the molecule is CC(C)C[C@@H](NS(=O)(=O)Cc1ccccc1Cl)C(=O)NCc1ccco1. The minimum Gasteiger partial charge on any atom is -0.467 e. The topological polar surface area (TPSA) is 88.4 Å². The van der Waals surface area contributed by atoms with Gasteiger partial charge in [-0.2, -0.15) is 0 Å². The van der Waals surface area contributed by atoms with E-state index in [2.05, 4.69) is 10.0 Å². The van der Waals surface area contributed by atoms with Crippen LogP contribution in [0.4, 0.5) is 0 Å². The van der Waals surface area contributed by atoms with E-state index in [1.165, 1.54) is 6.26 Å². The third kappa shape index (κ3) is 6.48. The van der Waals surface area contributed by atoms with Gasteiger partial charge in [-0.15, -0.1) is 0 Å². The maximum atomic E-state index is 12.5. The maximum absolute atomic E-state index is 12.5. The molecule has 2 aromatic rings. The summed E-state index contributed by atoms with van der Waals surface area (Å²) >= 11 is 6.04. The van der Waals surface area contributed by atoms with Crippen molar-refractivity contribution in [1.82, 2.24) is 10.0 Å². The first kappa shape index (κ1) is 20.5. The second kappa shape index (κ2) is 9.21. The molecule has 0 aliphatic carbocycles. The van der Waals surface area contributed by atoms with Gasteiger partial charge in [0.15, 0.2) is 0 Å². The molecule has 2 rings (SSSR count). The molecule has 1 aromatic heterocycles. The molecule has 0 unspecified atom stereocenters. The fraction of sp³-hybridized carbons (Fsp3) is 0.389. The molecule has 0 spiro atoms. The second-order valence-corrected chi connectivity index (χ2v) is 8.61. The van der Waals surface area contributed by atoms with Gasteiger partial charge in [0.1, 0.15) is 11.8 Å². The summed E-state index contributed by atoms with van der Waals surface area (Å²) in [5.41, 5.74) is 0.487. The molecule has 142 valence electrons. The van der Waals surface area contributed by atoms with Crippen molar-refractivity contribution in [3.8, 4) is 0 Å². The summed E-state index contributed by atoms with van der Waals surface area (Å²) in [6, 6.07) is 9.33. The van der Waals surface area contributed by atoms with Crippen LogP contribution in [0.5, 0.6) is 0 Å². The van der Waals surface area contributed by atoms with Crippen molar-refractivity contribution in [1.29, 1.82) is 0 Å². The Hall–Kier alpha value is -1.83. The minimum absolute atomic E-state index is 0.136. The Morgan fingerprint density at radius 3 is 2.54 bits per heavy atom. The van der Waals surface area contributed by atoms with Gasteiger partial charge in [-0.1, -0.05) is 43.6 Å². The van der Waals surface area contributed by atoms with Crippen LogP contribution in [-0.4, -0.2) is 20.4 Å². The Morgan fingerprint density at radius 1 is 1.19 bits per heavy atom. The van der Waals surface area contributed by atoms with Crippen LogP contribution in [-0.2, 0) is 27.1 Å². The maximum Gasteiger partial charge on any atom is 0.238 e. The number of halogens is 1. The molecule has 0 fully saturated rings. The monoisotopic (exact) mass is 398 g/mol. The van der Waals surface area contributed by atoms with Gasteiger partial charge in [-0.05, 0) is 36.1 Å². The molecule has 1 aromatic carbocycles. The quantitative estimate of drug-likeness (QED) is 0.679. The summed E-state index contributed by atoms with van der Waals surface area (Å²) in [4.78, 5) is 12.5. The largest absolute Gasteiger partial charge is 0.467 e. The smallest absolute Gasteiger partial charge is 0.238 e. The Bertz CT molecular complexity index is 819. The van der Waals surface area contributed by atoms with Crippen molar-refractivity contribution in [2.45, 2.75) is 38.6 Å². The molecule has 1 amide bonds. The zero-order valence-corrected chi connectivity index (χ0v) is 16.3. The zero-order valence-electron chi connectivity index (χ0n) is 14.7. The molecule has 0 saturated carbocycles. The van der Waals surface area contributed by atoms with Gasteiger partial charge < -0.3 is 9.73 Å². The van der Waals surface area contributed by atoms with Crippen molar-refractivity contribution in [2.24, 2.45) is 5.92 Å². The molecular formula is C18H23ClN2O4S.